The molecule has 0 N–H and O–H groups in total. The molecule has 1 aliphatic heterocycles. The van der Waals surface area contributed by atoms with Crippen LogP contribution in [0.15, 0.2) is 29.8 Å². The molecule has 1 aromatic carbocycles. The molecule has 23 heavy (non-hydrogen) atoms. The Labute approximate surface area is 138 Å². The first kappa shape index (κ1) is 16.2. The third-order valence-electron chi connectivity index (χ3n) is 4.80. The number of methoxy groups -OCH3 is 1. The Balaban J connectivity index is 1.55. The lowest BCUT2D eigenvalue weighted by Gasteiger charge is -2.27. The second-order valence-electron chi connectivity index (χ2n) is 6.29. The average Bonchev–Trinajstić information content (AvgIpc) is 2.95. The molecule has 3 rings (SSSR count). The predicted molar refractivity (Wildman–Crippen MR) is 90.6 cm³/mol. The Kier molecular flexibility index (Phi) is 5.47. The van der Waals surface area contributed by atoms with Gasteiger partial charge in [0.25, 0.3) is 0 Å². The van der Waals surface area contributed by atoms with E-state index in [0.29, 0.717) is 5.78 Å². The van der Waals surface area contributed by atoms with Crippen molar-refractivity contribution in [1.82, 2.24) is 4.90 Å². The molecule has 1 aromatic rings. The highest BCUT2D eigenvalue weighted by atomic mass is 16.5. The molecule has 1 atom stereocenters. The minimum absolute atomic E-state index is 0.197. The van der Waals surface area contributed by atoms with Crippen LogP contribution in [0.5, 0.6) is 5.75 Å². The highest BCUT2D eigenvalue weighted by Crippen LogP contribution is 2.31. The van der Waals surface area contributed by atoms with E-state index in [1.165, 1.54) is 0 Å². The van der Waals surface area contributed by atoms with Crippen LogP contribution in [0.3, 0.4) is 0 Å². The molecule has 1 saturated carbocycles. The van der Waals surface area contributed by atoms with E-state index < -0.39 is 0 Å². The van der Waals surface area contributed by atoms with Gasteiger partial charge in [0.1, 0.15) is 5.75 Å². The van der Waals surface area contributed by atoms with Gasteiger partial charge >= 0.3 is 0 Å². The fraction of sp³-hybridized carbons (Fsp3) is 0.526. The maximum Gasteiger partial charge on any atom is 0.162 e. The quantitative estimate of drug-likeness (QED) is 0.783. The molecule has 0 bridgehead atoms. The molecule has 0 spiro atoms. The molecule has 2 aliphatic rings. The number of ketones is 1. The van der Waals surface area contributed by atoms with Gasteiger partial charge in [0.15, 0.2) is 5.78 Å². The highest BCUT2D eigenvalue weighted by molar-refractivity contribution is 6.03. The minimum Gasteiger partial charge on any atom is -0.497 e. The summed E-state index contributed by atoms with van der Waals surface area (Å²) in [4.78, 5) is 15.0. The Morgan fingerprint density at radius 3 is 2.70 bits per heavy atom. The van der Waals surface area contributed by atoms with Crippen molar-refractivity contribution in [3.8, 4) is 5.75 Å². The van der Waals surface area contributed by atoms with Gasteiger partial charge in [-0.2, -0.15) is 0 Å². The maximum atomic E-state index is 12.6. The zero-order valence-electron chi connectivity index (χ0n) is 13.8. The number of carbonyl (C=O) groups excluding carboxylic acids is 1. The number of ether oxygens (including phenoxy) is 2. The lowest BCUT2D eigenvalue weighted by atomic mass is 10.0. The largest absolute Gasteiger partial charge is 0.497 e. The average molecular weight is 315 g/mol. The Morgan fingerprint density at radius 1 is 1.26 bits per heavy atom. The molecule has 2 fully saturated rings. The summed E-state index contributed by atoms with van der Waals surface area (Å²) in [6, 6.07) is 7.86. The number of benzene rings is 1. The minimum atomic E-state index is 0.197. The molecule has 124 valence electrons. The van der Waals surface area contributed by atoms with Crippen molar-refractivity contribution >= 4 is 11.9 Å². The van der Waals surface area contributed by atoms with Crippen LogP contribution >= 0.6 is 0 Å². The van der Waals surface area contributed by atoms with Crippen molar-refractivity contribution in [2.45, 2.75) is 19.3 Å². The topological polar surface area (TPSA) is 38.8 Å². The first-order valence-electron chi connectivity index (χ1n) is 8.45. The summed E-state index contributed by atoms with van der Waals surface area (Å²) < 4.78 is 10.5. The van der Waals surface area contributed by atoms with E-state index in [0.717, 1.165) is 69.0 Å². The van der Waals surface area contributed by atoms with Gasteiger partial charge < -0.3 is 9.47 Å². The van der Waals surface area contributed by atoms with Crippen molar-refractivity contribution in [2.75, 3.05) is 40.0 Å². The molecule has 4 heteroatoms. The fourth-order valence-corrected chi connectivity index (χ4v) is 3.33. The van der Waals surface area contributed by atoms with Crippen LogP contribution in [0.25, 0.3) is 6.08 Å². The van der Waals surface area contributed by atoms with Crippen molar-refractivity contribution in [3.63, 3.8) is 0 Å². The van der Waals surface area contributed by atoms with E-state index in [9.17, 15) is 4.79 Å². The first-order chi connectivity index (χ1) is 11.3. The SMILES string of the molecule is COc1ccc(C=C2CCC(CCN3CCOCC3)C2=O)cc1. The van der Waals surface area contributed by atoms with Gasteiger partial charge in [0.05, 0.1) is 20.3 Å². The summed E-state index contributed by atoms with van der Waals surface area (Å²) >= 11 is 0. The van der Waals surface area contributed by atoms with Crippen LogP contribution in [-0.2, 0) is 9.53 Å². The summed E-state index contributed by atoms with van der Waals surface area (Å²) in [6.45, 7) is 4.64. The second kappa shape index (κ2) is 7.75. The van der Waals surface area contributed by atoms with Gasteiger partial charge in [-0.15, -0.1) is 0 Å². The molecule has 1 unspecified atom stereocenters. The normalized spacial score (nSPS) is 24.3. The number of nitrogens with zero attached hydrogens (tertiary/aromatic N) is 1. The number of morpholine rings is 1. The summed E-state index contributed by atoms with van der Waals surface area (Å²) in [7, 11) is 1.66. The third-order valence-corrected chi connectivity index (χ3v) is 4.80. The van der Waals surface area contributed by atoms with E-state index in [-0.39, 0.29) is 5.92 Å². The number of rotatable bonds is 5. The standard InChI is InChI=1S/C19H25NO3/c1-22-18-6-2-15(3-7-18)14-17-5-4-16(19(17)21)8-9-20-10-12-23-13-11-20/h2-3,6-7,14,16H,4-5,8-13H2,1H3. The van der Waals surface area contributed by atoms with E-state index in [1.54, 1.807) is 7.11 Å². The van der Waals surface area contributed by atoms with Crippen molar-refractivity contribution in [1.29, 1.82) is 0 Å². The van der Waals surface area contributed by atoms with Crippen LogP contribution in [0, 0.1) is 5.92 Å². The molecule has 0 amide bonds. The monoisotopic (exact) mass is 315 g/mol. The molecule has 4 nitrogen and oxygen atoms in total. The molecule has 1 aliphatic carbocycles. The molecule has 1 saturated heterocycles. The molecule has 0 aromatic heterocycles. The lowest BCUT2D eigenvalue weighted by molar-refractivity contribution is -0.118. The Hall–Kier alpha value is -1.65. The second-order valence-corrected chi connectivity index (χ2v) is 6.29. The molecular weight excluding hydrogens is 290 g/mol. The first-order valence-corrected chi connectivity index (χ1v) is 8.45. The van der Waals surface area contributed by atoms with Gasteiger partial charge in [-0.25, -0.2) is 0 Å². The van der Waals surface area contributed by atoms with Crippen molar-refractivity contribution in [3.05, 3.63) is 35.4 Å². The van der Waals surface area contributed by atoms with Gasteiger partial charge in [-0.05, 0) is 55.2 Å². The number of hydrogen-bond donors (Lipinski definition) is 0. The van der Waals surface area contributed by atoms with Gasteiger partial charge in [-0.1, -0.05) is 12.1 Å². The van der Waals surface area contributed by atoms with Crippen LogP contribution in [-0.4, -0.2) is 50.6 Å². The fourth-order valence-electron chi connectivity index (χ4n) is 3.33. The Morgan fingerprint density at radius 2 is 2.00 bits per heavy atom. The van der Waals surface area contributed by atoms with E-state index in [2.05, 4.69) is 4.90 Å². The number of hydrogen-bond acceptors (Lipinski definition) is 4. The van der Waals surface area contributed by atoms with Crippen LogP contribution in [0.2, 0.25) is 0 Å². The summed E-state index contributed by atoms with van der Waals surface area (Å²) in [5.74, 6) is 1.38. The zero-order chi connectivity index (χ0) is 16.1. The Bertz CT molecular complexity index is 558. The van der Waals surface area contributed by atoms with Crippen LogP contribution in [0.1, 0.15) is 24.8 Å². The highest BCUT2D eigenvalue weighted by Gasteiger charge is 2.29. The van der Waals surface area contributed by atoms with Crippen molar-refractivity contribution < 1.29 is 14.3 Å². The van der Waals surface area contributed by atoms with Crippen LogP contribution < -0.4 is 4.74 Å². The summed E-state index contributed by atoms with van der Waals surface area (Å²) in [5, 5.41) is 0. The number of allylic oxidation sites excluding steroid dienone is 1. The van der Waals surface area contributed by atoms with Gasteiger partial charge in [0, 0.05) is 19.0 Å². The number of carbonyl (C=O) groups is 1. The van der Waals surface area contributed by atoms with E-state index in [4.69, 9.17) is 9.47 Å². The third kappa shape index (κ3) is 4.21. The van der Waals surface area contributed by atoms with E-state index >= 15 is 0 Å². The maximum absolute atomic E-state index is 12.6. The lowest BCUT2D eigenvalue weighted by Crippen LogP contribution is -2.37. The molecule has 1 heterocycles. The summed E-state index contributed by atoms with van der Waals surface area (Å²) in [6.07, 6.45) is 4.90. The van der Waals surface area contributed by atoms with Gasteiger partial charge in [-0.3, -0.25) is 9.69 Å². The predicted octanol–water partition coefficient (Wildman–Crippen LogP) is 2.78. The summed E-state index contributed by atoms with van der Waals surface area (Å²) in [5.41, 5.74) is 2.05. The molecular formula is C19H25NO3. The number of Topliss-reactive ketones (excluding diaryl/α,β-unsaturated/α-hetero) is 1. The van der Waals surface area contributed by atoms with Crippen LogP contribution in [0.4, 0.5) is 0 Å². The van der Waals surface area contributed by atoms with Gasteiger partial charge in [0.2, 0.25) is 0 Å². The van der Waals surface area contributed by atoms with E-state index in [1.807, 2.05) is 30.3 Å². The smallest absolute Gasteiger partial charge is 0.162 e. The molecule has 0 radical (unpaired) electrons. The zero-order valence-corrected chi connectivity index (χ0v) is 13.8. The van der Waals surface area contributed by atoms with Crippen molar-refractivity contribution in [2.24, 2.45) is 5.92 Å².